The largest absolute Gasteiger partial charge is 0.433 e. The molecule has 4 nitrogen and oxygen atoms in total. The fraction of sp³-hybridized carbons (Fsp3) is 0. The van der Waals surface area contributed by atoms with Crippen LogP contribution in [0.25, 0.3) is 0 Å². The first kappa shape index (κ1) is 5.68. The molecule has 0 fully saturated rings. The normalized spacial score (nSPS) is 8.89. The van der Waals surface area contributed by atoms with E-state index in [0.717, 1.165) is 0 Å². The van der Waals surface area contributed by atoms with Gasteiger partial charge in [0.25, 0.3) is 5.88 Å². The summed E-state index contributed by atoms with van der Waals surface area (Å²) in [5.41, 5.74) is 0. The third-order valence-corrected chi connectivity index (χ3v) is 0.819. The zero-order valence-electron chi connectivity index (χ0n) is 4.40. The van der Waals surface area contributed by atoms with Gasteiger partial charge in [-0.05, 0) is 6.07 Å². The SMILES string of the molecule is O=Cc1ccc(N=O)o1. The zero-order chi connectivity index (χ0) is 6.69. The molecule has 0 aliphatic heterocycles. The van der Waals surface area contributed by atoms with Gasteiger partial charge in [0.15, 0.2) is 12.0 Å². The predicted molar refractivity (Wildman–Crippen MR) is 29.6 cm³/mol. The van der Waals surface area contributed by atoms with E-state index in [2.05, 4.69) is 9.59 Å². The van der Waals surface area contributed by atoms with Crippen LogP contribution >= 0.6 is 0 Å². The van der Waals surface area contributed by atoms with Gasteiger partial charge in [0, 0.05) is 11.2 Å². The summed E-state index contributed by atoms with van der Waals surface area (Å²) in [6.45, 7) is 0. The smallest absolute Gasteiger partial charge is 0.261 e. The summed E-state index contributed by atoms with van der Waals surface area (Å²) in [4.78, 5) is 19.6. The average molecular weight is 125 g/mol. The molecule has 1 aromatic heterocycles. The van der Waals surface area contributed by atoms with Crippen LogP contribution in [0.2, 0.25) is 0 Å². The van der Waals surface area contributed by atoms with Crippen molar-refractivity contribution in [3.8, 4) is 0 Å². The maximum atomic E-state index is 9.90. The van der Waals surface area contributed by atoms with Crippen LogP contribution in [0.4, 0.5) is 5.88 Å². The number of nitroso groups, excluding NO2 is 1. The van der Waals surface area contributed by atoms with Crippen LogP contribution in [0.5, 0.6) is 0 Å². The van der Waals surface area contributed by atoms with Crippen molar-refractivity contribution in [2.24, 2.45) is 5.18 Å². The molecular formula is C5H3NO3. The lowest BCUT2D eigenvalue weighted by molar-refractivity contribution is 0.110. The van der Waals surface area contributed by atoms with Gasteiger partial charge in [0.1, 0.15) is 0 Å². The Balaban J connectivity index is 2.98. The molecule has 0 saturated heterocycles. The highest BCUT2D eigenvalue weighted by molar-refractivity contribution is 5.71. The average Bonchev–Trinajstić information content (AvgIpc) is 2.34. The van der Waals surface area contributed by atoms with E-state index in [1.807, 2.05) is 0 Å². The first-order chi connectivity index (χ1) is 4.36. The second kappa shape index (κ2) is 2.21. The number of aldehydes is 1. The van der Waals surface area contributed by atoms with Crippen molar-refractivity contribution in [1.82, 2.24) is 0 Å². The summed E-state index contributed by atoms with van der Waals surface area (Å²) in [6.07, 6.45) is 0.509. The highest BCUT2D eigenvalue weighted by Gasteiger charge is 1.97. The summed E-state index contributed by atoms with van der Waals surface area (Å²) < 4.78 is 4.53. The van der Waals surface area contributed by atoms with Crippen LogP contribution < -0.4 is 0 Å². The minimum atomic E-state index is -0.0721. The van der Waals surface area contributed by atoms with E-state index >= 15 is 0 Å². The maximum Gasteiger partial charge on any atom is 0.261 e. The number of hydrogen-bond donors (Lipinski definition) is 0. The summed E-state index contributed by atoms with van der Waals surface area (Å²) in [6, 6.07) is 2.71. The first-order valence-corrected chi connectivity index (χ1v) is 2.25. The molecule has 1 aromatic rings. The van der Waals surface area contributed by atoms with Gasteiger partial charge >= 0.3 is 0 Å². The van der Waals surface area contributed by atoms with Crippen LogP contribution in [0.3, 0.4) is 0 Å². The molecule has 9 heavy (non-hydrogen) atoms. The number of furan rings is 1. The minimum Gasteiger partial charge on any atom is -0.433 e. The van der Waals surface area contributed by atoms with E-state index in [1.165, 1.54) is 12.1 Å². The number of carbonyl (C=O) groups excluding carboxylic acids is 1. The highest BCUT2D eigenvalue weighted by Crippen LogP contribution is 2.13. The third-order valence-electron chi connectivity index (χ3n) is 0.819. The number of rotatable bonds is 2. The van der Waals surface area contributed by atoms with E-state index in [-0.39, 0.29) is 11.6 Å². The number of nitrogens with zero attached hydrogens (tertiary/aromatic N) is 1. The predicted octanol–water partition coefficient (Wildman–Crippen LogP) is 1.49. The molecule has 0 spiro atoms. The lowest BCUT2D eigenvalue weighted by atomic mass is 10.5. The van der Waals surface area contributed by atoms with Crippen molar-refractivity contribution in [1.29, 1.82) is 0 Å². The monoisotopic (exact) mass is 125 g/mol. The Hall–Kier alpha value is -1.45. The topological polar surface area (TPSA) is 59.6 Å². The Kier molecular flexibility index (Phi) is 1.40. The fourth-order valence-corrected chi connectivity index (χ4v) is 0.455. The summed E-state index contributed by atoms with van der Waals surface area (Å²) in [5.74, 6) is 0.0432. The summed E-state index contributed by atoms with van der Waals surface area (Å²) in [5, 5.41) is 2.46. The van der Waals surface area contributed by atoms with Gasteiger partial charge in [-0.15, -0.1) is 4.91 Å². The molecule has 0 N–H and O–H groups in total. The fourth-order valence-electron chi connectivity index (χ4n) is 0.455. The zero-order valence-corrected chi connectivity index (χ0v) is 4.40. The van der Waals surface area contributed by atoms with E-state index in [4.69, 9.17) is 0 Å². The second-order valence-corrected chi connectivity index (χ2v) is 1.39. The van der Waals surface area contributed by atoms with Gasteiger partial charge in [0.05, 0.1) is 0 Å². The minimum absolute atomic E-state index is 0.0721. The number of carbonyl (C=O) groups is 1. The molecule has 46 valence electrons. The first-order valence-electron chi connectivity index (χ1n) is 2.25. The van der Waals surface area contributed by atoms with Gasteiger partial charge in [-0.1, -0.05) is 0 Å². The molecule has 1 heterocycles. The molecule has 4 heteroatoms. The Labute approximate surface area is 50.4 Å². The van der Waals surface area contributed by atoms with Crippen molar-refractivity contribution < 1.29 is 9.21 Å². The third kappa shape index (κ3) is 1.02. The molecule has 0 aromatic carbocycles. The van der Waals surface area contributed by atoms with E-state index in [1.54, 1.807) is 0 Å². The molecular weight excluding hydrogens is 122 g/mol. The second-order valence-electron chi connectivity index (χ2n) is 1.39. The molecule has 0 radical (unpaired) electrons. The van der Waals surface area contributed by atoms with E-state index in [0.29, 0.717) is 6.29 Å². The van der Waals surface area contributed by atoms with Crippen LogP contribution in [-0.2, 0) is 0 Å². The van der Waals surface area contributed by atoms with Crippen LogP contribution in [0, 0.1) is 4.91 Å². The van der Waals surface area contributed by atoms with Crippen molar-refractivity contribution in [2.45, 2.75) is 0 Å². The quantitative estimate of drug-likeness (QED) is 0.444. The molecule has 0 saturated carbocycles. The van der Waals surface area contributed by atoms with Gasteiger partial charge in [-0.2, -0.15) is 0 Å². The van der Waals surface area contributed by atoms with Crippen molar-refractivity contribution in [2.75, 3.05) is 0 Å². The van der Waals surface area contributed by atoms with E-state index in [9.17, 15) is 9.70 Å². The Morgan fingerprint density at radius 2 is 2.33 bits per heavy atom. The molecule has 0 amide bonds. The maximum absolute atomic E-state index is 9.90. The lowest BCUT2D eigenvalue weighted by Gasteiger charge is -1.74. The van der Waals surface area contributed by atoms with Crippen molar-refractivity contribution in [3.63, 3.8) is 0 Å². The van der Waals surface area contributed by atoms with E-state index < -0.39 is 0 Å². The lowest BCUT2D eigenvalue weighted by Crippen LogP contribution is -1.65. The molecule has 0 atom stereocenters. The van der Waals surface area contributed by atoms with Gasteiger partial charge in [-0.3, -0.25) is 4.79 Å². The standard InChI is InChI=1S/C5H3NO3/c7-3-4-1-2-5(6-8)9-4/h1-3H. The van der Waals surface area contributed by atoms with Crippen LogP contribution in [-0.4, -0.2) is 6.29 Å². The molecule has 1 rings (SSSR count). The Morgan fingerprint density at radius 1 is 1.56 bits per heavy atom. The summed E-state index contributed by atoms with van der Waals surface area (Å²) >= 11 is 0. The highest BCUT2D eigenvalue weighted by atomic mass is 16.4. The van der Waals surface area contributed by atoms with Crippen molar-refractivity contribution >= 4 is 12.2 Å². The van der Waals surface area contributed by atoms with Crippen LogP contribution in [0.15, 0.2) is 21.7 Å². The molecule has 0 aliphatic rings. The Morgan fingerprint density at radius 3 is 2.67 bits per heavy atom. The van der Waals surface area contributed by atoms with Crippen molar-refractivity contribution in [3.05, 3.63) is 22.8 Å². The molecule has 0 aliphatic carbocycles. The molecule has 0 bridgehead atoms. The summed E-state index contributed by atoms with van der Waals surface area (Å²) in [7, 11) is 0. The number of hydrogen-bond acceptors (Lipinski definition) is 4. The molecule has 0 unspecified atom stereocenters. The van der Waals surface area contributed by atoms with Gasteiger partial charge < -0.3 is 4.42 Å². The van der Waals surface area contributed by atoms with Gasteiger partial charge in [0.2, 0.25) is 0 Å². The van der Waals surface area contributed by atoms with Crippen LogP contribution in [0.1, 0.15) is 10.6 Å². The van der Waals surface area contributed by atoms with Gasteiger partial charge in [-0.25, -0.2) is 0 Å². The Bertz CT molecular complexity index is 205.